The normalized spacial score (nSPS) is 10.4. The van der Waals surface area contributed by atoms with Crippen LogP contribution < -0.4 is 0 Å². The third-order valence-corrected chi connectivity index (χ3v) is 8.82. The molecule has 33 heavy (non-hydrogen) atoms. The summed E-state index contributed by atoms with van der Waals surface area (Å²) in [4.78, 5) is 10.8. The summed E-state index contributed by atoms with van der Waals surface area (Å²) >= 11 is 26.5. The highest BCUT2D eigenvalue weighted by Crippen LogP contribution is 2.31. The molecule has 0 fully saturated rings. The van der Waals surface area contributed by atoms with E-state index in [2.05, 4.69) is 17.3 Å². The molecule has 0 spiro atoms. The van der Waals surface area contributed by atoms with Gasteiger partial charge >= 0.3 is 0 Å². The highest BCUT2D eigenvalue weighted by atomic mass is 32.2. The van der Waals surface area contributed by atoms with Crippen LogP contribution in [0.15, 0.2) is 17.3 Å². The van der Waals surface area contributed by atoms with Gasteiger partial charge in [-0.3, -0.25) is 0 Å². The molecule has 0 unspecified atom stereocenters. The molecule has 5 nitrogen and oxygen atoms in total. The molecule has 0 bridgehead atoms. The maximum Gasteiger partial charge on any atom is 0.220 e. The third kappa shape index (κ3) is 13.0. The Morgan fingerprint density at radius 3 is 1.24 bits per heavy atom. The van der Waals surface area contributed by atoms with E-state index in [-0.39, 0.29) is 4.32 Å². The van der Waals surface area contributed by atoms with Crippen molar-refractivity contribution in [3.05, 3.63) is 39.3 Å². The number of nitroso groups, excluding NO2 is 1. The summed E-state index contributed by atoms with van der Waals surface area (Å²) in [6, 6.07) is 4.28. The van der Waals surface area contributed by atoms with Gasteiger partial charge in [-0.1, -0.05) is 59.2 Å². The second-order valence-electron chi connectivity index (χ2n) is 5.95. The largest absolute Gasteiger partial charge is 0.479 e. The van der Waals surface area contributed by atoms with Gasteiger partial charge in [-0.05, 0) is 97.1 Å². The van der Waals surface area contributed by atoms with Gasteiger partial charge in [0.15, 0.2) is 0 Å². The molecule has 1 aromatic rings. The number of hydrogen-bond acceptors (Lipinski definition) is 12. The summed E-state index contributed by atoms with van der Waals surface area (Å²) in [5.74, 6) is 2.47. The Morgan fingerprint density at radius 1 is 0.667 bits per heavy atom. The second-order valence-corrected chi connectivity index (χ2v) is 12.3. The Labute approximate surface area is 234 Å². The van der Waals surface area contributed by atoms with Gasteiger partial charge in [0.05, 0.1) is 19.8 Å². The van der Waals surface area contributed by atoms with Crippen LogP contribution >= 0.6 is 95.9 Å². The highest BCUT2D eigenvalue weighted by molar-refractivity contribution is 8.23. The van der Waals surface area contributed by atoms with Crippen molar-refractivity contribution in [3.63, 3.8) is 0 Å². The minimum atomic E-state index is 0.0774. The Bertz CT molecular complexity index is 850. The number of nitrogens with zero attached hydrogens (tertiary/aromatic N) is 1. The van der Waals surface area contributed by atoms with E-state index >= 15 is 0 Å². The smallest absolute Gasteiger partial charge is 0.220 e. The number of rotatable bonds is 11. The van der Waals surface area contributed by atoms with Gasteiger partial charge in [0.1, 0.15) is 0 Å². The second kappa shape index (κ2) is 18.3. The van der Waals surface area contributed by atoms with Gasteiger partial charge < -0.3 is 14.2 Å². The Morgan fingerprint density at radius 2 is 0.970 bits per heavy atom. The molecule has 0 aliphatic carbocycles. The quantitative estimate of drug-likeness (QED) is 0.186. The van der Waals surface area contributed by atoms with Crippen molar-refractivity contribution in [1.82, 2.24) is 0 Å². The van der Waals surface area contributed by atoms with E-state index in [4.69, 9.17) is 63.1 Å². The highest BCUT2D eigenvalue weighted by Gasteiger charge is 2.15. The molecule has 0 radical (unpaired) electrons. The van der Waals surface area contributed by atoms with Crippen LogP contribution in [0.3, 0.4) is 0 Å². The molecule has 0 heterocycles. The molecule has 0 atom stereocenters. The van der Waals surface area contributed by atoms with Crippen LogP contribution in [-0.2, 0) is 37.2 Å². The van der Waals surface area contributed by atoms with E-state index in [1.54, 1.807) is 0 Å². The van der Waals surface area contributed by atoms with Crippen molar-refractivity contribution in [2.45, 2.75) is 43.8 Å². The summed E-state index contributed by atoms with van der Waals surface area (Å²) in [6.45, 7) is 7.31. The maximum atomic E-state index is 10.8. The molecular weight excluding hydrogens is 575 g/mol. The van der Waals surface area contributed by atoms with Crippen LogP contribution in [0.4, 0.5) is 0 Å². The van der Waals surface area contributed by atoms with Crippen LogP contribution in [0.1, 0.15) is 43.0 Å². The molecule has 0 saturated carbocycles. The number of benzene rings is 1. The first kappa shape index (κ1) is 31.0. The van der Waals surface area contributed by atoms with Crippen LogP contribution in [0.2, 0.25) is 0 Å². The number of hydrogen-bond donors (Lipinski definition) is 0. The van der Waals surface area contributed by atoms with E-state index < -0.39 is 0 Å². The molecule has 1 rings (SSSR count). The minimum absolute atomic E-state index is 0.0774. The zero-order chi connectivity index (χ0) is 24.6. The fourth-order valence-corrected chi connectivity index (χ4v) is 6.27. The van der Waals surface area contributed by atoms with Crippen molar-refractivity contribution in [1.29, 1.82) is 0 Å². The number of ether oxygens (including phenoxy) is 3. The fraction of sp³-hybridized carbons (Fsp3) is 0.500. The summed E-state index contributed by atoms with van der Waals surface area (Å²) in [6.07, 6.45) is 0. The lowest BCUT2D eigenvalue weighted by Gasteiger charge is -2.17. The van der Waals surface area contributed by atoms with E-state index in [9.17, 15) is 4.91 Å². The van der Waals surface area contributed by atoms with Crippen LogP contribution in [0.25, 0.3) is 0 Å². The van der Waals surface area contributed by atoms with Crippen molar-refractivity contribution in [3.8, 4) is 0 Å². The third-order valence-electron chi connectivity index (χ3n) is 3.77. The average molecular weight is 600 g/mol. The van der Waals surface area contributed by atoms with Gasteiger partial charge in [-0.2, -0.15) is 0 Å². The predicted molar refractivity (Wildman–Crippen MR) is 163 cm³/mol. The van der Waals surface area contributed by atoms with Crippen LogP contribution in [0, 0.1) is 4.91 Å². The maximum absolute atomic E-state index is 10.8. The number of thiocarbonyl (C=S) groups is 4. The van der Waals surface area contributed by atoms with Crippen molar-refractivity contribution in [2.75, 3.05) is 19.8 Å². The predicted octanol–water partition coefficient (Wildman–Crippen LogP) is 7.63. The molecule has 1 aromatic carbocycles. The first-order valence-electron chi connectivity index (χ1n) is 9.86. The topological polar surface area (TPSA) is 57.1 Å². The van der Waals surface area contributed by atoms with E-state index in [0.29, 0.717) is 56.0 Å². The van der Waals surface area contributed by atoms with Crippen LogP contribution in [0.5, 0.6) is 0 Å². The van der Waals surface area contributed by atoms with Gasteiger partial charge in [0.2, 0.25) is 17.5 Å². The lowest BCUT2D eigenvalue weighted by Crippen LogP contribution is -2.04. The number of thioether (sulfide) groups is 4. The lowest BCUT2D eigenvalue weighted by atomic mass is 10.0. The van der Waals surface area contributed by atoms with Gasteiger partial charge in [-0.15, -0.1) is 4.91 Å². The minimum Gasteiger partial charge on any atom is -0.479 e. The molecule has 13 heteroatoms. The monoisotopic (exact) mass is 599 g/mol. The molecule has 0 aliphatic rings. The molecule has 0 N–H and O–H groups in total. The zero-order valence-corrected chi connectivity index (χ0v) is 25.0. The van der Waals surface area contributed by atoms with E-state index in [0.717, 1.165) is 22.3 Å². The molecule has 0 amide bonds. The SMILES string of the molecule is CCOC(=S)SCc1cc(CSC(=S)OCC)c(CSC(=S)OCC)cc1CSC(=S)N=O. The Balaban J connectivity index is 3.23. The molecular formula is C20H25NO4S8. The van der Waals surface area contributed by atoms with E-state index in [1.807, 2.05) is 20.8 Å². The molecule has 0 aromatic heterocycles. The van der Waals surface area contributed by atoms with Crippen molar-refractivity contribution in [2.24, 2.45) is 5.18 Å². The molecule has 182 valence electrons. The van der Waals surface area contributed by atoms with E-state index in [1.165, 1.54) is 47.0 Å². The van der Waals surface area contributed by atoms with Crippen LogP contribution in [-0.4, -0.2) is 37.3 Å². The average Bonchev–Trinajstić information content (AvgIpc) is 2.79. The molecule has 0 saturated heterocycles. The summed E-state index contributed by atoms with van der Waals surface area (Å²) < 4.78 is 17.8. The zero-order valence-electron chi connectivity index (χ0n) is 18.5. The first-order chi connectivity index (χ1) is 15.8. The lowest BCUT2D eigenvalue weighted by molar-refractivity contribution is 0.346. The van der Waals surface area contributed by atoms with Crippen molar-refractivity contribution >= 4 is 113 Å². The van der Waals surface area contributed by atoms with Gasteiger partial charge in [-0.25, -0.2) is 0 Å². The van der Waals surface area contributed by atoms with Gasteiger partial charge in [0, 0.05) is 23.0 Å². The first-order valence-corrected chi connectivity index (χ1v) is 15.4. The molecule has 0 aliphatic heterocycles. The Kier molecular flexibility index (Phi) is 17.2. The Hall–Kier alpha value is -0.0200. The summed E-state index contributed by atoms with van der Waals surface area (Å²) in [7, 11) is 0. The summed E-state index contributed by atoms with van der Waals surface area (Å²) in [5, 5.41) is 2.85. The van der Waals surface area contributed by atoms with Gasteiger partial charge in [0.25, 0.3) is 0 Å². The van der Waals surface area contributed by atoms with Crippen molar-refractivity contribution < 1.29 is 14.2 Å². The summed E-state index contributed by atoms with van der Waals surface area (Å²) in [5.41, 5.74) is 4.37. The fourth-order valence-electron chi connectivity index (χ4n) is 2.38. The standard InChI is InChI=1S/C20H25NO4S8/c1-4-23-18(27)31-10-14-8-16(12-33-20(29)25-6-3)15(11-32-19(28)24-5-2)7-13(14)9-30-17(26)21-22/h7-8H,4-6,9-12H2,1-3H3.